The minimum atomic E-state index is 0.122. The molecule has 4 aromatic carbocycles. The maximum absolute atomic E-state index is 6.01. The van der Waals surface area contributed by atoms with Gasteiger partial charge in [0, 0.05) is 0 Å². The molecule has 0 bridgehead atoms. The molecule has 3 nitrogen and oxygen atoms in total. The van der Waals surface area contributed by atoms with Crippen molar-refractivity contribution < 1.29 is 14.2 Å². The van der Waals surface area contributed by atoms with Crippen LogP contribution in [0.1, 0.15) is 45.6 Å². The second-order valence-corrected chi connectivity index (χ2v) is 10.5. The van der Waals surface area contributed by atoms with Crippen LogP contribution in [0.3, 0.4) is 0 Å². The zero-order valence-electron chi connectivity index (χ0n) is 22.0. The lowest BCUT2D eigenvalue weighted by Crippen LogP contribution is -2.08. The Bertz CT molecular complexity index is 1330. The topological polar surface area (TPSA) is 34.3 Å². The fourth-order valence-electron chi connectivity index (χ4n) is 5.51. The van der Waals surface area contributed by atoms with Gasteiger partial charge in [0.1, 0.15) is 24.4 Å². The number of hydrogen-bond donors (Lipinski definition) is 0. The lowest BCUT2D eigenvalue weighted by molar-refractivity contribution is 0.102. The highest BCUT2D eigenvalue weighted by molar-refractivity contribution is 5.71. The van der Waals surface area contributed by atoms with E-state index >= 15 is 0 Å². The summed E-state index contributed by atoms with van der Waals surface area (Å²) in [5.41, 5.74) is 12.8. The summed E-state index contributed by atoms with van der Waals surface area (Å²) in [5.74, 6) is 0. The number of epoxide rings is 2. The Morgan fingerprint density at radius 1 is 0.514 bits per heavy atom. The quantitative estimate of drug-likeness (QED) is 0.236. The first-order chi connectivity index (χ1) is 18.0. The van der Waals surface area contributed by atoms with Crippen LogP contribution in [-0.2, 0) is 14.2 Å². The third-order valence-corrected chi connectivity index (χ3v) is 7.76. The van der Waals surface area contributed by atoms with Gasteiger partial charge in [-0.2, -0.15) is 0 Å². The van der Waals surface area contributed by atoms with Crippen molar-refractivity contribution in [2.45, 2.75) is 52.1 Å². The second kappa shape index (κ2) is 9.90. The van der Waals surface area contributed by atoms with Gasteiger partial charge >= 0.3 is 0 Å². The van der Waals surface area contributed by atoms with Gasteiger partial charge in [-0.3, -0.25) is 0 Å². The molecule has 2 aliphatic heterocycles. The van der Waals surface area contributed by atoms with Gasteiger partial charge in [-0.1, -0.05) is 84.9 Å². The number of ether oxygens (including phenoxy) is 3. The van der Waals surface area contributed by atoms with Crippen molar-refractivity contribution in [2.24, 2.45) is 0 Å². The van der Waals surface area contributed by atoms with Crippen LogP contribution in [0.4, 0.5) is 0 Å². The first-order valence-corrected chi connectivity index (χ1v) is 13.2. The highest BCUT2D eigenvalue weighted by Gasteiger charge is 2.43. The monoisotopic (exact) mass is 490 g/mol. The first kappa shape index (κ1) is 24.1. The molecule has 0 amide bonds. The van der Waals surface area contributed by atoms with Gasteiger partial charge in [0.05, 0.1) is 13.2 Å². The zero-order chi connectivity index (χ0) is 25.5. The van der Waals surface area contributed by atoms with Crippen LogP contribution in [0.25, 0.3) is 22.3 Å². The van der Waals surface area contributed by atoms with Gasteiger partial charge in [0.15, 0.2) is 0 Å². The molecule has 0 N–H and O–H groups in total. The summed E-state index contributed by atoms with van der Waals surface area (Å²) in [5, 5.41) is 0. The van der Waals surface area contributed by atoms with Gasteiger partial charge < -0.3 is 14.2 Å². The molecule has 188 valence electrons. The average molecular weight is 491 g/mol. The van der Waals surface area contributed by atoms with Crippen LogP contribution < -0.4 is 0 Å². The molecular weight excluding hydrogens is 456 g/mol. The van der Waals surface area contributed by atoms with Crippen molar-refractivity contribution in [3.63, 3.8) is 0 Å². The highest BCUT2D eigenvalue weighted by atomic mass is 16.6. The fourth-order valence-corrected chi connectivity index (χ4v) is 5.51. The summed E-state index contributed by atoms with van der Waals surface area (Å²) in [6.45, 7) is 9.88. The van der Waals surface area contributed by atoms with Crippen LogP contribution in [0.15, 0.2) is 84.9 Å². The standard InChI is InChI=1S/C34H34O3/c1-21-9-5-7-11-27(21)29-15-13-25(17-23(29)3)33-31(36-33)19-35-20-32-34(37-32)26-14-16-30(24(4)18-26)28-12-8-6-10-22(28)2/h5-18,31-34H,19-20H2,1-4H3. The molecule has 4 atom stereocenters. The van der Waals surface area contributed by atoms with E-state index in [1.165, 1.54) is 55.6 Å². The van der Waals surface area contributed by atoms with E-state index in [0.29, 0.717) is 13.2 Å². The van der Waals surface area contributed by atoms with Crippen molar-refractivity contribution in [3.05, 3.63) is 118 Å². The average Bonchev–Trinajstić information content (AvgIpc) is 3.82. The molecule has 2 heterocycles. The highest BCUT2D eigenvalue weighted by Crippen LogP contribution is 2.43. The molecule has 4 aromatic rings. The van der Waals surface area contributed by atoms with Crippen LogP contribution in [0.5, 0.6) is 0 Å². The predicted molar refractivity (Wildman–Crippen MR) is 149 cm³/mol. The molecule has 0 aromatic heterocycles. The maximum atomic E-state index is 6.01. The minimum Gasteiger partial charge on any atom is -0.376 e. The van der Waals surface area contributed by atoms with Gasteiger partial charge in [0.2, 0.25) is 0 Å². The largest absolute Gasteiger partial charge is 0.376 e. The Hall–Kier alpha value is -3.24. The smallest absolute Gasteiger partial charge is 0.112 e. The molecule has 6 rings (SSSR count). The van der Waals surface area contributed by atoms with Gasteiger partial charge in [-0.15, -0.1) is 0 Å². The molecule has 4 unspecified atom stereocenters. The number of benzene rings is 4. The maximum Gasteiger partial charge on any atom is 0.112 e. The first-order valence-electron chi connectivity index (χ1n) is 13.2. The Morgan fingerprint density at radius 3 is 1.32 bits per heavy atom. The van der Waals surface area contributed by atoms with E-state index in [-0.39, 0.29) is 24.4 Å². The molecule has 2 saturated heterocycles. The third kappa shape index (κ3) is 5.00. The molecule has 37 heavy (non-hydrogen) atoms. The van der Waals surface area contributed by atoms with Gasteiger partial charge in [-0.05, 0) is 83.3 Å². The summed E-state index contributed by atoms with van der Waals surface area (Å²) in [6.07, 6.45) is 0.488. The molecular formula is C34H34O3. The van der Waals surface area contributed by atoms with Crippen LogP contribution in [0, 0.1) is 27.7 Å². The van der Waals surface area contributed by atoms with Crippen molar-refractivity contribution in [1.29, 1.82) is 0 Å². The Balaban J connectivity index is 1.00. The van der Waals surface area contributed by atoms with E-state index < -0.39 is 0 Å². The number of aryl methyl sites for hydroxylation is 4. The summed E-state index contributed by atoms with van der Waals surface area (Å²) >= 11 is 0. The van der Waals surface area contributed by atoms with E-state index in [9.17, 15) is 0 Å². The van der Waals surface area contributed by atoms with Crippen molar-refractivity contribution in [3.8, 4) is 22.3 Å². The second-order valence-electron chi connectivity index (χ2n) is 10.5. The van der Waals surface area contributed by atoms with Crippen LogP contribution >= 0.6 is 0 Å². The third-order valence-electron chi connectivity index (χ3n) is 7.76. The molecule has 0 radical (unpaired) electrons. The SMILES string of the molecule is Cc1ccccc1-c1ccc(C2OC2COCC2OC2c2ccc(-c3ccccc3C)c(C)c2)cc1C. The summed E-state index contributed by atoms with van der Waals surface area (Å²) in [7, 11) is 0. The van der Waals surface area contributed by atoms with Gasteiger partial charge in [0.25, 0.3) is 0 Å². The molecule has 2 fully saturated rings. The Morgan fingerprint density at radius 2 is 0.919 bits per heavy atom. The minimum absolute atomic E-state index is 0.122. The summed E-state index contributed by atoms with van der Waals surface area (Å²) < 4.78 is 17.9. The van der Waals surface area contributed by atoms with Crippen molar-refractivity contribution >= 4 is 0 Å². The molecule has 2 aliphatic rings. The van der Waals surface area contributed by atoms with Crippen molar-refractivity contribution in [1.82, 2.24) is 0 Å². The fraction of sp³-hybridized carbons (Fsp3) is 0.294. The van der Waals surface area contributed by atoms with Crippen LogP contribution in [0.2, 0.25) is 0 Å². The summed E-state index contributed by atoms with van der Waals surface area (Å²) in [6, 6.07) is 30.4. The number of hydrogen-bond acceptors (Lipinski definition) is 3. The van der Waals surface area contributed by atoms with Gasteiger partial charge in [-0.25, -0.2) is 0 Å². The lowest BCUT2D eigenvalue weighted by Gasteiger charge is -2.10. The normalized spacial score (nSPS) is 22.2. The number of rotatable bonds is 8. The van der Waals surface area contributed by atoms with Crippen LogP contribution in [-0.4, -0.2) is 25.4 Å². The molecule has 0 aliphatic carbocycles. The molecule has 0 saturated carbocycles. The van der Waals surface area contributed by atoms with E-state index in [2.05, 4.69) is 113 Å². The predicted octanol–water partition coefficient (Wildman–Crippen LogP) is 7.85. The lowest BCUT2D eigenvalue weighted by atomic mass is 9.94. The Kier molecular flexibility index (Phi) is 6.46. The Labute approximate surface area is 220 Å². The van der Waals surface area contributed by atoms with E-state index in [1.807, 2.05) is 0 Å². The molecule has 0 spiro atoms. The summed E-state index contributed by atoms with van der Waals surface area (Å²) in [4.78, 5) is 0. The zero-order valence-corrected chi connectivity index (χ0v) is 22.0. The van der Waals surface area contributed by atoms with E-state index in [4.69, 9.17) is 14.2 Å². The van der Waals surface area contributed by atoms with E-state index in [1.54, 1.807) is 0 Å². The van der Waals surface area contributed by atoms with Crippen molar-refractivity contribution in [2.75, 3.05) is 13.2 Å². The molecule has 3 heteroatoms. The van der Waals surface area contributed by atoms with E-state index in [0.717, 1.165) is 0 Å².